The van der Waals surface area contributed by atoms with E-state index >= 15 is 0 Å². The number of hydrogen-bond acceptors (Lipinski definition) is 4. The zero-order valence-electron chi connectivity index (χ0n) is 14.0. The average Bonchev–Trinajstić information content (AvgIpc) is 2.58. The van der Waals surface area contributed by atoms with Crippen LogP contribution >= 0.6 is 11.6 Å². The summed E-state index contributed by atoms with van der Waals surface area (Å²) in [4.78, 5) is 12.1. The molecule has 2 aromatic carbocycles. The van der Waals surface area contributed by atoms with Gasteiger partial charge in [0.25, 0.3) is 0 Å². The molecule has 0 aliphatic rings. The van der Waals surface area contributed by atoms with Crippen LogP contribution in [-0.2, 0) is 4.79 Å². The zero-order valence-corrected chi connectivity index (χ0v) is 14.7. The van der Waals surface area contributed by atoms with Crippen LogP contribution in [-0.4, -0.2) is 26.7 Å². The lowest BCUT2D eigenvalue weighted by atomic mass is 10.2. The topological polar surface area (TPSA) is 59.6 Å². The van der Waals surface area contributed by atoms with Crippen LogP contribution in [0.3, 0.4) is 0 Å². The monoisotopic (exact) mass is 348 g/mol. The first kappa shape index (κ1) is 17.9. The molecular weight excluding hydrogens is 328 g/mol. The predicted octanol–water partition coefficient (Wildman–Crippen LogP) is 4.11. The Hall–Kier alpha value is -2.40. The van der Waals surface area contributed by atoms with Gasteiger partial charge in [0.05, 0.1) is 14.2 Å². The molecule has 5 nitrogen and oxygen atoms in total. The number of hydrogen-bond donors (Lipinski definition) is 2. The van der Waals surface area contributed by atoms with Gasteiger partial charge >= 0.3 is 0 Å². The van der Waals surface area contributed by atoms with Gasteiger partial charge in [0.2, 0.25) is 5.91 Å². The first-order valence-electron chi connectivity index (χ1n) is 7.56. The van der Waals surface area contributed by atoms with Crippen molar-refractivity contribution in [3.8, 4) is 11.5 Å². The van der Waals surface area contributed by atoms with E-state index in [1.807, 2.05) is 37.3 Å². The minimum atomic E-state index is -0.0756. The smallest absolute Gasteiger partial charge is 0.226 e. The molecule has 2 rings (SSSR count). The number of carbonyl (C=O) groups excluding carboxylic acids is 1. The Morgan fingerprint density at radius 3 is 2.58 bits per heavy atom. The molecule has 0 saturated carbocycles. The third-order valence-corrected chi connectivity index (χ3v) is 4.02. The van der Waals surface area contributed by atoms with Crippen LogP contribution < -0.4 is 20.1 Å². The van der Waals surface area contributed by atoms with E-state index in [2.05, 4.69) is 10.6 Å². The van der Waals surface area contributed by atoms with Crippen LogP contribution in [0.25, 0.3) is 0 Å². The van der Waals surface area contributed by atoms with Gasteiger partial charge in [0.15, 0.2) is 11.5 Å². The van der Waals surface area contributed by atoms with Gasteiger partial charge in [-0.05, 0) is 36.8 Å². The number of ether oxygens (including phenoxy) is 2. The largest absolute Gasteiger partial charge is 0.493 e. The molecule has 0 aliphatic carbocycles. The van der Waals surface area contributed by atoms with E-state index in [1.165, 1.54) is 0 Å². The highest BCUT2D eigenvalue weighted by Crippen LogP contribution is 2.29. The highest BCUT2D eigenvalue weighted by Gasteiger charge is 2.08. The molecule has 0 bridgehead atoms. The molecule has 0 unspecified atom stereocenters. The zero-order chi connectivity index (χ0) is 17.5. The highest BCUT2D eigenvalue weighted by molar-refractivity contribution is 6.31. The van der Waals surface area contributed by atoms with Crippen molar-refractivity contribution in [2.45, 2.75) is 13.3 Å². The fourth-order valence-corrected chi connectivity index (χ4v) is 2.40. The summed E-state index contributed by atoms with van der Waals surface area (Å²) in [6.45, 7) is 2.38. The summed E-state index contributed by atoms with van der Waals surface area (Å²) in [5.74, 6) is 1.23. The van der Waals surface area contributed by atoms with Crippen LogP contribution in [0.5, 0.6) is 11.5 Å². The third-order valence-electron chi connectivity index (χ3n) is 3.61. The number of halogens is 1. The highest BCUT2D eigenvalue weighted by atomic mass is 35.5. The molecule has 1 amide bonds. The van der Waals surface area contributed by atoms with Crippen LogP contribution in [0.1, 0.15) is 12.0 Å². The fourth-order valence-electron chi connectivity index (χ4n) is 2.22. The van der Waals surface area contributed by atoms with Gasteiger partial charge in [0, 0.05) is 35.4 Å². The van der Waals surface area contributed by atoms with E-state index in [-0.39, 0.29) is 5.91 Å². The quantitative estimate of drug-likeness (QED) is 0.790. The van der Waals surface area contributed by atoms with Crippen molar-refractivity contribution in [2.24, 2.45) is 0 Å². The molecule has 2 N–H and O–H groups in total. The first-order chi connectivity index (χ1) is 11.5. The van der Waals surface area contributed by atoms with E-state index in [0.29, 0.717) is 29.5 Å². The van der Waals surface area contributed by atoms with E-state index in [0.717, 1.165) is 16.9 Å². The third kappa shape index (κ3) is 4.55. The van der Waals surface area contributed by atoms with Gasteiger partial charge in [-0.2, -0.15) is 0 Å². The molecule has 6 heteroatoms. The second kappa shape index (κ2) is 8.45. The standard InChI is InChI=1S/C18H21ClN2O3/c1-12-14(19)5-4-6-15(12)21-18(22)9-10-20-13-7-8-16(23-2)17(11-13)24-3/h4-8,11,20H,9-10H2,1-3H3,(H,21,22). The molecule has 0 heterocycles. The lowest BCUT2D eigenvalue weighted by Gasteiger charge is -2.12. The maximum atomic E-state index is 12.1. The molecule has 128 valence electrons. The van der Waals surface area contributed by atoms with Crippen molar-refractivity contribution < 1.29 is 14.3 Å². The summed E-state index contributed by atoms with van der Waals surface area (Å²) in [5.41, 5.74) is 2.46. The molecule has 0 saturated heterocycles. The second-order valence-electron chi connectivity index (χ2n) is 5.21. The van der Waals surface area contributed by atoms with Crippen LogP contribution in [0.15, 0.2) is 36.4 Å². The minimum Gasteiger partial charge on any atom is -0.493 e. The van der Waals surface area contributed by atoms with Gasteiger partial charge in [0.1, 0.15) is 0 Å². The van der Waals surface area contributed by atoms with Crippen LogP contribution in [0.4, 0.5) is 11.4 Å². The Labute approximate surface area is 146 Å². The minimum absolute atomic E-state index is 0.0756. The van der Waals surface area contributed by atoms with Crippen LogP contribution in [0, 0.1) is 6.92 Å². The summed E-state index contributed by atoms with van der Waals surface area (Å²) in [5, 5.41) is 6.70. The Morgan fingerprint density at radius 2 is 1.88 bits per heavy atom. The molecule has 24 heavy (non-hydrogen) atoms. The molecule has 2 aromatic rings. The van der Waals surface area contributed by atoms with Gasteiger partial charge in [-0.15, -0.1) is 0 Å². The first-order valence-corrected chi connectivity index (χ1v) is 7.93. The van der Waals surface area contributed by atoms with Gasteiger partial charge < -0.3 is 20.1 Å². The summed E-state index contributed by atoms with van der Waals surface area (Å²) >= 11 is 6.05. The van der Waals surface area contributed by atoms with Crippen molar-refractivity contribution in [1.82, 2.24) is 0 Å². The summed E-state index contributed by atoms with van der Waals surface area (Å²) in [6, 6.07) is 11.0. The Balaban J connectivity index is 1.87. The fraction of sp³-hybridized carbons (Fsp3) is 0.278. The van der Waals surface area contributed by atoms with Crippen molar-refractivity contribution in [3.05, 3.63) is 47.0 Å². The lowest BCUT2D eigenvalue weighted by molar-refractivity contribution is -0.115. The van der Waals surface area contributed by atoms with Crippen molar-refractivity contribution in [3.63, 3.8) is 0 Å². The van der Waals surface area contributed by atoms with Gasteiger partial charge in [-0.1, -0.05) is 17.7 Å². The Bertz CT molecular complexity index is 719. The van der Waals surface area contributed by atoms with Crippen molar-refractivity contribution in [1.29, 1.82) is 0 Å². The molecule has 0 atom stereocenters. The Kier molecular flexibility index (Phi) is 6.32. The van der Waals surface area contributed by atoms with E-state index in [4.69, 9.17) is 21.1 Å². The average molecular weight is 349 g/mol. The molecule has 0 aromatic heterocycles. The summed E-state index contributed by atoms with van der Waals surface area (Å²) < 4.78 is 10.4. The number of benzene rings is 2. The summed E-state index contributed by atoms with van der Waals surface area (Å²) in [7, 11) is 3.18. The number of anilines is 2. The van der Waals surface area contributed by atoms with Crippen molar-refractivity contribution >= 4 is 28.9 Å². The van der Waals surface area contributed by atoms with Gasteiger partial charge in [-0.3, -0.25) is 4.79 Å². The number of amides is 1. The van der Waals surface area contributed by atoms with E-state index in [1.54, 1.807) is 20.3 Å². The molecule has 0 spiro atoms. The predicted molar refractivity (Wildman–Crippen MR) is 97.5 cm³/mol. The SMILES string of the molecule is COc1ccc(NCCC(=O)Nc2cccc(Cl)c2C)cc1OC. The van der Waals surface area contributed by atoms with E-state index < -0.39 is 0 Å². The lowest BCUT2D eigenvalue weighted by Crippen LogP contribution is -2.16. The molecule has 0 radical (unpaired) electrons. The van der Waals surface area contributed by atoms with Gasteiger partial charge in [-0.25, -0.2) is 0 Å². The second-order valence-corrected chi connectivity index (χ2v) is 5.61. The molecular formula is C18H21ClN2O3. The maximum Gasteiger partial charge on any atom is 0.226 e. The number of nitrogens with one attached hydrogen (secondary N) is 2. The van der Waals surface area contributed by atoms with E-state index in [9.17, 15) is 4.79 Å². The molecule has 0 aliphatic heterocycles. The number of rotatable bonds is 7. The molecule has 0 fully saturated rings. The number of methoxy groups -OCH3 is 2. The normalized spacial score (nSPS) is 10.2. The maximum absolute atomic E-state index is 12.1. The van der Waals surface area contributed by atoms with Crippen molar-refractivity contribution in [2.75, 3.05) is 31.4 Å². The Morgan fingerprint density at radius 1 is 1.12 bits per heavy atom. The number of carbonyl (C=O) groups is 1. The summed E-state index contributed by atoms with van der Waals surface area (Å²) in [6.07, 6.45) is 0.334. The van der Waals surface area contributed by atoms with Crippen LogP contribution in [0.2, 0.25) is 5.02 Å².